The standard InChI is InChI=1S/C12H21NOS/c1-9(2)12(14-3)11(13)7-6-10-5-4-8-15-10/h4-5,8-9,11-12H,6-7,13H2,1-3H3. The molecule has 2 atom stereocenters. The molecular weight excluding hydrogens is 206 g/mol. The van der Waals surface area contributed by atoms with Gasteiger partial charge in [-0.05, 0) is 30.2 Å². The van der Waals surface area contributed by atoms with Gasteiger partial charge in [0.2, 0.25) is 0 Å². The molecule has 0 aliphatic rings. The normalized spacial score (nSPS) is 15.5. The van der Waals surface area contributed by atoms with Crippen molar-refractivity contribution in [3.05, 3.63) is 22.4 Å². The molecule has 0 fully saturated rings. The zero-order chi connectivity index (χ0) is 11.3. The highest BCUT2D eigenvalue weighted by molar-refractivity contribution is 7.09. The smallest absolute Gasteiger partial charge is 0.0745 e. The molecule has 0 bridgehead atoms. The Morgan fingerprint density at radius 2 is 2.20 bits per heavy atom. The molecule has 0 radical (unpaired) electrons. The van der Waals surface area contributed by atoms with Crippen molar-refractivity contribution in [2.75, 3.05) is 7.11 Å². The minimum Gasteiger partial charge on any atom is -0.380 e. The Kier molecular flexibility index (Phi) is 5.29. The third kappa shape index (κ3) is 3.93. The molecule has 2 unspecified atom stereocenters. The van der Waals surface area contributed by atoms with Crippen LogP contribution in [-0.2, 0) is 11.2 Å². The first-order chi connectivity index (χ1) is 7.15. The molecule has 1 heterocycles. The summed E-state index contributed by atoms with van der Waals surface area (Å²) in [5.74, 6) is 0.480. The maximum Gasteiger partial charge on any atom is 0.0745 e. The van der Waals surface area contributed by atoms with E-state index in [0.29, 0.717) is 5.92 Å². The van der Waals surface area contributed by atoms with E-state index in [0.717, 1.165) is 12.8 Å². The van der Waals surface area contributed by atoms with Crippen molar-refractivity contribution in [1.82, 2.24) is 0 Å². The summed E-state index contributed by atoms with van der Waals surface area (Å²) < 4.78 is 5.42. The Morgan fingerprint density at radius 3 is 2.67 bits per heavy atom. The Morgan fingerprint density at radius 1 is 1.47 bits per heavy atom. The lowest BCUT2D eigenvalue weighted by Gasteiger charge is -2.25. The number of aryl methyl sites for hydroxylation is 1. The van der Waals surface area contributed by atoms with Gasteiger partial charge in [0.25, 0.3) is 0 Å². The summed E-state index contributed by atoms with van der Waals surface area (Å²) in [5.41, 5.74) is 6.13. The molecule has 1 rings (SSSR count). The second-order valence-electron chi connectivity index (χ2n) is 4.23. The second-order valence-corrected chi connectivity index (χ2v) is 5.26. The number of methoxy groups -OCH3 is 1. The Labute approximate surface area is 96.4 Å². The highest BCUT2D eigenvalue weighted by Gasteiger charge is 2.20. The summed E-state index contributed by atoms with van der Waals surface area (Å²) in [6.07, 6.45) is 2.23. The van der Waals surface area contributed by atoms with Crippen LogP contribution in [0.4, 0.5) is 0 Å². The third-order valence-electron chi connectivity index (χ3n) is 2.66. The highest BCUT2D eigenvalue weighted by Crippen LogP contribution is 2.16. The SMILES string of the molecule is COC(C(C)C)C(N)CCc1cccs1. The first-order valence-corrected chi connectivity index (χ1v) is 6.34. The van der Waals surface area contributed by atoms with Crippen molar-refractivity contribution in [3.8, 4) is 0 Å². The predicted molar refractivity (Wildman–Crippen MR) is 66.3 cm³/mol. The van der Waals surface area contributed by atoms with Crippen molar-refractivity contribution in [1.29, 1.82) is 0 Å². The summed E-state index contributed by atoms with van der Waals surface area (Å²) in [7, 11) is 1.75. The molecule has 1 aromatic rings. The molecule has 2 nitrogen and oxygen atoms in total. The summed E-state index contributed by atoms with van der Waals surface area (Å²) >= 11 is 1.80. The van der Waals surface area contributed by atoms with E-state index in [2.05, 4.69) is 31.4 Å². The van der Waals surface area contributed by atoms with Crippen LogP contribution in [-0.4, -0.2) is 19.3 Å². The molecule has 86 valence electrons. The summed E-state index contributed by atoms with van der Waals surface area (Å²) in [6, 6.07) is 4.38. The zero-order valence-electron chi connectivity index (χ0n) is 9.77. The quantitative estimate of drug-likeness (QED) is 0.811. The van der Waals surface area contributed by atoms with E-state index < -0.39 is 0 Å². The lowest BCUT2D eigenvalue weighted by Crippen LogP contribution is -2.40. The van der Waals surface area contributed by atoms with E-state index in [1.165, 1.54) is 4.88 Å². The predicted octanol–water partition coefficient (Wildman–Crippen LogP) is 2.68. The summed E-state index contributed by atoms with van der Waals surface area (Å²) in [5, 5.41) is 2.11. The lowest BCUT2D eigenvalue weighted by atomic mass is 9.96. The van der Waals surface area contributed by atoms with E-state index in [9.17, 15) is 0 Å². The zero-order valence-corrected chi connectivity index (χ0v) is 10.6. The van der Waals surface area contributed by atoms with Crippen LogP contribution in [0.3, 0.4) is 0 Å². The first kappa shape index (κ1) is 12.7. The lowest BCUT2D eigenvalue weighted by molar-refractivity contribution is 0.0420. The van der Waals surface area contributed by atoms with Gasteiger partial charge in [0.15, 0.2) is 0 Å². The molecular formula is C12H21NOS. The first-order valence-electron chi connectivity index (χ1n) is 5.46. The molecule has 0 aliphatic heterocycles. The topological polar surface area (TPSA) is 35.2 Å². The average molecular weight is 227 g/mol. The molecule has 15 heavy (non-hydrogen) atoms. The van der Waals surface area contributed by atoms with Gasteiger partial charge in [-0.1, -0.05) is 19.9 Å². The minimum atomic E-state index is 0.136. The number of thiophene rings is 1. The summed E-state index contributed by atoms with van der Waals surface area (Å²) in [4.78, 5) is 1.41. The Hall–Kier alpha value is -0.380. The highest BCUT2D eigenvalue weighted by atomic mass is 32.1. The van der Waals surface area contributed by atoms with Gasteiger partial charge in [-0.3, -0.25) is 0 Å². The average Bonchev–Trinajstić information content (AvgIpc) is 2.67. The van der Waals surface area contributed by atoms with E-state index in [1.807, 2.05) is 0 Å². The number of ether oxygens (including phenoxy) is 1. The number of rotatable bonds is 6. The van der Waals surface area contributed by atoms with Gasteiger partial charge in [0.05, 0.1) is 6.10 Å². The van der Waals surface area contributed by atoms with Crippen LogP contribution in [0.25, 0.3) is 0 Å². The van der Waals surface area contributed by atoms with E-state index in [4.69, 9.17) is 10.5 Å². The molecule has 0 amide bonds. The van der Waals surface area contributed by atoms with E-state index >= 15 is 0 Å². The fraction of sp³-hybridized carbons (Fsp3) is 0.667. The van der Waals surface area contributed by atoms with Crippen LogP contribution in [0.15, 0.2) is 17.5 Å². The van der Waals surface area contributed by atoms with Crippen LogP contribution < -0.4 is 5.73 Å². The fourth-order valence-corrected chi connectivity index (χ4v) is 2.59. The third-order valence-corrected chi connectivity index (χ3v) is 3.59. The molecule has 0 aromatic carbocycles. The van der Waals surface area contributed by atoms with Gasteiger partial charge < -0.3 is 10.5 Å². The number of hydrogen-bond acceptors (Lipinski definition) is 3. The van der Waals surface area contributed by atoms with Crippen LogP contribution in [0.2, 0.25) is 0 Å². The fourth-order valence-electron chi connectivity index (χ4n) is 1.87. The van der Waals surface area contributed by atoms with Crippen molar-refractivity contribution < 1.29 is 4.74 Å². The maximum atomic E-state index is 6.13. The van der Waals surface area contributed by atoms with Crippen molar-refractivity contribution >= 4 is 11.3 Å². The summed E-state index contributed by atoms with van der Waals surface area (Å²) in [6.45, 7) is 4.30. The monoisotopic (exact) mass is 227 g/mol. The van der Waals surface area contributed by atoms with E-state index in [-0.39, 0.29) is 12.1 Å². The van der Waals surface area contributed by atoms with Crippen LogP contribution in [0.1, 0.15) is 25.1 Å². The second kappa shape index (κ2) is 6.26. The molecule has 0 spiro atoms. The molecule has 2 N–H and O–H groups in total. The van der Waals surface area contributed by atoms with Gasteiger partial charge in [-0.2, -0.15) is 0 Å². The van der Waals surface area contributed by atoms with Gasteiger partial charge in [0.1, 0.15) is 0 Å². The van der Waals surface area contributed by atoms with Crippen molar-refractivity contribution in [2.24, 2.45) is 11.7 Å². The number of hydrogen-bond donors (Lipinski definition) is 1. The largest absolute Gasteiger partial charge is 0.380 e. The van der Waals surface area contributed by atoms with Crippen LogP contribution in [0.5, 0.6) is 0 Å². The maximum absolute atomic E-state index is 6.13. The number of nitrogens with two attached hydrogens (primary N) is 1. The van der Waals surface area contributed by atoms with Gasteiger partial charge in [-0.15, -0.1) is 11.3 Å². The van der Waals surface area contributed by atoms with Crippen molar-refractivity contribution in [3.63, 3.8) is 0 Å². The Bertz CT molecular complexity index is 259. The molecule has 0 saturated heterocycles. The molecule has 0 saturated carbocycles. The van der Waals surface area contributed by atoms with Crippen LogP contribution >= 0.6 is 11.3 Å². The minimum absolute atomic E-state index is 0.136. The molecule has 0 aliphatic carbocycles. The van der Waals surface area contributed by atoms with Gasteiger partial charge in [0, 0.05) is 18.0 Å². The molecule has 1 aromatic heterocycles. The van der Waals surface area contributed by atoms with Crippen molar-refractivity contribution in [2.45, 2.75) is 38.8 Å². The Balaban J connectivity index is 2.37. The van der Waals surface area contributed by atoms with Gasteiger partial charge >= 0.3 is 0 Å². The van der Waals surface area contributed by atoms with Crippen LogP contribution in [0, 0.1) is 5.92 Å². The van der Waals surface area contributed by atoms with E-state index in [1.54, 1.807) is 18.4 Å². The molecule has 3 heteroatoms. The van der Waals surface area contributed by atoms with Gasteiger partial charge in [-0.25, -0.2) is 0 Å².